The van der Waals surface area contributed by atoms with Crippen molar-refractivity contribution in [3.8, 4) is 0 Å². The number of allylic oxidation sites excluding steroid dienone is 5. The molecular formula is C30H44O3. The van der Waals surface area contributed by atoms with E-state index in [1.54, 1.807) is 6.08 Å². The molecule has 0 aromatic rings. The lowest BCUT2D eigenvalue weighted by Gasteiger charge is -2.56. The van der Waals surface area contributed by atoms with Crippen molar-refractivity contribution >= 4 is 11.8 Å². The molecule has 3 fully saturated rings. The van der Waals surface area contributed by atoms with Gasteiger partial charge in [0.2, 0.25) is 0 Å². The highest BCUT2D eigenvalue weighted by Gasteiger charge is 2.59. The second-order valence-corrected chi connectivity index (χ2v) is 11.7. The van der Waals surface area contributed by atoms with Gasteiger partial charge in [0.25, 0.3) is 0 Å². The molecule has 0 radical (unpaired) electrons. The van der Waals surface area contributed by atoms with Crippen LogP contribution in [0.2, 0.25) is 0 Å². The lowest BCUT2D eigenvalue weighted by molar-refractivity contribution is -0.159. The predicted octanol–water partition coefficient (Wildman–Crippen LogP) is 7.51. The zero-order valence-corrected chi connectivity index (χ0v) is 21.0. The minimum Gasteiger partial charge on any atom is -0.462 e. The first-order valence-electron chi connectivity index (χ1n) is 13.6. The number of fused-ring (bicyclic) bond motifs is 5. The molecule has 0 aromatic heterocycles. The van der Waals surface area contributed by atoms with Crippen LogP contribution in [0, 0.1) is 28.6 Å². The number of ether oxygens (including phenoxy) is 1. The monoisotopic (exact) mass is 452 g/mol. The quantitative estimate of drug-likeness (QED) is 0.196. The molecule has 0 aliphatic heterocycles. The number of esters is 1. The third kappa shape index (κ3) is 4.93. The number of carbonyl (C=O) groups excluding carboxylic acids is 2. The van der Waals surface area contributed by atoms with Gasteiger partial charge in [0.15, 0.2) is 5.78 Å². The van der Waals surface area contributed by atoms with Crippen LogP contribution in [-0.4, -0.2) is 17.9 Å². The van der Waals surface area contributed by atoms with Crippen LogP contribution < -0.4 is 0 Å². The number of hydrogen-bond donors (Lipinski definition) is 0. The van der Waals surface area contributed by atoms with Crippen LogP contribution in [0.4, 0.5) is 0 Å². The lowest BCUT2D eigenvalue weighted by Crippen LogP contribution is -2.51. The van der Waals surface area contributed by atoms with Gasteiger partial charge < -0.3 is 4.74 Å². The van der Waals surface area contributed by atoms with Gasteiger partial charge in [-0.3, -0.25) is 9.59 Å². The number of ketones is 1. The number of carbonyl (C=O) groups is 2. The Kier molecular flexibility index (Phi) is 7.66. The van der Waals surface area contributed by atoms with Crippen LogP contribution in [0.1, 0.15) is 104 Å². The molecule has 0 saturated heterocycles. The molecule has 0 bridgehead atoms. The Morgan fingerprint density at radius 2 is 1.82 bits per heavy atom. The molecule has 0 heterocycles. The van der Waals surface area contributed by atoms with Crippen LogP contribution in [0.25, 0.3) is 0 Å². The predicted molar refractivity (Wildman–Crippen MR) is 134 cm³/mol. The first-order valence-corrected chi connectivity index (χ1v) is 13.6. The highest BCUT2D eigenvalue weighted by Crippen LogP contribution is 2.64. The van der Waals surface area contributed by atoms with E-state index in [1.807, 2.05) is 12.2 Å². The van der Waals surface area contributed by atoms with E-state index in [4.69, 9.17) is 4.74 Å². The second kappa shape index (κ2) is 10.3. The van der Waals surface area contributed by atoms with E-state index >= 15 is 0 Å². The van der Waals surface area contributed by atoms with Gasteiger partial charge in [-0.05, 0) is 87.7 Å². The summed E-state index contributed by atoms with van der Waals surface area (Å²) in [6.07, 6.45) is 23.4. The van der Waals surface area contributed by atoms with Crippen molar-refractivity contribution in [1.29, 1.82) is 0 Å². The van der Waals surface area contributed by atoms with Crippen molar-refractivity contribution in [2.75, 3.05) is 0 Å². The molecule has 4 aliphatic carbocycles. The van der Waals surface area contributed by atoms with Crippen LogP contribution >= 0.6 is 0 Å². The van der Waals surface area contributed by atoms with Crippen molar-refractivity contribution in [1.82, 2.24) is 0 Å². The zero-order valence-electron chi connectivity index (χ0n) is 21.0. The minimum absolute atomic E-state index is 0.0187. The maximum absolute atomic E-state index is 12.7. The highest BCUT2D eigenvalue weighted by atomic mass is 16.5. The zero-order chi connectivity index (χ0) is 23.5. The maximum Gasteiger partial charge on any atom is 0.306 e. The molecule has 0 amide bonds. The van der Waals surface area contributed by atoms with Gasteiger partial charge in [-0.1, -0.05) is 57.3 Å². The summed E-state index contributed by atoms with van der Waals surface area (Å²) in [4.78, 5) is 24.6. The Balaban J connectivity index is 1.28. The van der Waals surface area contributed by atoms with Gasteiger partial charge in [-0.25, -0.2) is 0 Å². The standard InChI is InChI=1S/C30H44O3/c1-4-5-6-7-8-9-10-11-12-28(32)33-27-16-15-25-24-14-13-22-21-23(31)17-19-29(22,2)26(24)18-20-30(25,27)3/h4,17,19,21,24-27H,1,5-16,18,20H2,2-3H3/t24?,25-,26-,27-,29-,30-/m0/s1. The van der Waals surface area contributed by atoms with E-state index in [-0.39, 0.29) is 28.7 Å². The average Bonchev–Trinajstić information content (AvgIpc) is 3.12. The second-order valence-electron chi connectivity index (χ2n) is 11.7. The van der Waals surface area contributed by atoms with Crippen LogP contribution in [-0.2, 0) is 14.3 Å². The Bertz CT molecular complexity index is 807. The van der Waals surface area contributed by atoms with Crippen molar-refractivity contribution < 1.29 is 14.3 Å². The third-order valence-electron chi connectivity index (χ3n) is 9.78. The van der Waals surface area contributed by atoms with Crippen molar-refractivity contribution in [3.63, 3.8) is 0 Å². The summed E-state index contributed by atoms with van der Waals surface area (Å²) >= 11 is 0. The molecule has 3 nitrogen and oxygen atoms in total. The fourth-order valence-electron chi connectivity index (χ4n) is 7.83. The summed E-state index contributed by atoms with van der Waals surface area (Å²) in [7, 11) is 0. The van der Waals surface area contributed by atoms with Gasteiger partial charge in [0.05, 0.1) is 0 Å². The first kappa shape index (κ1) is 24.5. The lowest BCUT2D eigenvalue weighted by atomic mass is 9.48. The van der Waals surface area contributed by atoms with Gasteiger partial charge in [0, 0.05) is 17.3 Å². The SMILES string of the molecule is C=CCCCCCCCCC(=O)O[C@H]1CC[C@H]2C3CCC4=CC(=O)C=C[C@]4(C)[C@H]3CC[C@]12C. The van der Waals surface area contributed by atoms with E-state index in [9.17, 15) is 9.59 Å². The van der Waals surface area contributed by atoms with Crippen molar-refractivity contribution in [2.24, 2.45) is 28.6 Å². The number of hydrogen-bond acceptors (Lipinski definition) is 3. The van der Waals surface area contributed by atoms with Crippen LogP contribution in [0.3, 0.4) is 0 Å². The fraction of sp³-hybridized carbons (Fsp3) is 0.733. The molecule has 0 spiro atoms. The van der Waals surface area contributed by atoms with E-state index in [1.165, 1.54) is 50.5 Å². The molecule has 1 unspecified atom stereocenters. The Hall–Kier alpha value is -1.64. The summed E-state index contributed by atoms with van der Waals surface area (Å²) in [5, 5.41) is 0. The third-order valence-corrected chi connectivity index (χ3v) is 9.78. The molecular weight excluding hydrogens is 408 g/mol. The van der Waals surface area contributed by atoms with E-state index in [0.29, 0.717) is 24.2 Å². The van der Waals surface area contributed by atoms with Gasteiger partial charge in [0.1, 0.15) is 6.10 Å². The minimum atomic E-state index is 0.0187. The molecule has 6 atom stereocenters. The number of rotatable bonds is 10. The van der Waals surface area contributed by atoms with Crippen molar-refractivity contribution in [3.05, 3.63) is 36.5 Å². The normalized spacial score (nSPS) is 37.0. The van der Waals surface area contributed by atoms with Crippen molar-refractivity contribution in [2.45, 2.75) is 110 Å². The average molecular weight is 453 g/mol. The van der Waals surface area contributed by atoms with E-state index in [0.717, 1.165) is 38.5 Å². The van der Waals surface area contributed by atoms with E-state index < -0.39 is 0 Å². The summed E-state index contributed by atoms with van der Waals surface area (Å²) < 4.78 is 6.15. The summed E-state index contributed by atoms with van der Waals surface area (Å²) in [5.74, 6) is 2.09. The Morgan fingerprint density at radius 3 is 2.61 bits per heavy atom. The van der Waals surface area contributed by atoms with Gasteiger partial charge in [-0.2, -0.15) is 0 Å². The Labute approximate surface area is 201 Å². The first-order chi connectivity index (χ1) is 15.9. The summed E-state index contributed by atoms with van der Waals surface area (Å²) in [5.41, 5.74) is 1.51. The summed E-state index contributed by atoms with van der Waals surface area (Å²) in [6, 6.07) is 0. The van der Waals surface area contributed by atoms with Crippen LogP contribution in [0.5, 0.6) is 0 Å². The molecule has 3 heteroatoms. The molecule has 4 rings (SSSR count). The molecule has 3 saturated carbocycles. The maximum atomic E-state index is 12.7. The molecule has 0 N–H and O–H groups in total. The van der Waals surface area contributed by atoms with Crippen LogP contribution in [0.15, 0.2) is 36.5 Å². The van der Waals surface area contributed by atoms with E-state index in [2.05, 4.69) is 26.5 Å². The Morgan fingerprint density at radius 1 is 1.06 bits per heavy atom. The number of unbranched alkanes of at least 4 members (excludes halogenated alkanes) is 6. The highest BCUT2D eigenvalue weighted by molar-refractivity contribution is 6.01. The fourth-order valence-corrected chi connectivity index (χ4v) is 7.83. The smallest absolute Gasteiger partial charge is 0.306 e. The van der Waals surface area contributed by atoms with Gasteiger partial charge >= 0.3 is 5.97 Å². The van der Waals surface area contributed by atoms with Gasteiger partial charge in [-0.15, -0.1) is 6.58 Å². The molecule has 4 aliphatic rings. The largest absolute Gasteiger partial charge is 0.462 e. The molecule has 0 aromatic carbocycles. The topological polar surface area (TPSA) is 43.4 Å². The molecule has 33 heavy (non-hydrogen) atoms. The molecule has 182 valence electrons. The summed E-state index contributed by atoms with van der Waals surface area (Å²) in [6.45, 7) is 8.53.